The average molecular weight is 296 g/mol. The maximum absolute atomic E-state index is 9.08. The first-order valence-electron chi connectivity index (χ1n) is 3.76. The first kappa shape index (κ1) is 10.2. The topological polar surface area (TPSA) is 37.5 Å². The van der Waals surface area contributed by atoms with Crippen molar-refractivity contribution in [3.05, 3.63) is 32.6 Å². The summed E-state index contributed by atoms with van der Waals surface area (Å²) in [6.07, 6.45) is 1.76. The third kappa shape index (κ3) is 1.52. The fraction of sp³-hybridized carbons (Fsp3) is 0.125. The van der Waals surface area contributed by atoms with Crippen molar-refractivity contribution >= 4 is 44.8 Å². The summed E-state index contributed by atoms with van der Waals surface area (Å²) >= 11 is 15.1. The van der Waals surface area contributed by atoms with Crippen molar-refractivity contribution < 1.29 is 5.11 Å². The van der Waals surface area contributed by atoms with Crippen LogP contribution in [0, 0.1) is 0 Å². The summed E-state index contributed by atoms with van der Waals surface area (Å²) in [5, 5.41) is 9.84. The first-order chi connectivity index (χ1) is 6.63. The number of aromatic nitrogens is 2. The predicted molar refractivity (Wildman–Crippen MR) is 58.8 cm³/mol. The smallest absolute Gasteiger partial charge is 0.157 e. The Kier molecular flexibility index (Phi) is 2.70. The predicted octanol–water partition coefficient (Wildman–Crippen LogP) is 2.90. The van der Waals surface area contributed by atoms with E-state index in [4.69, 9.17) is 28.3 Å². The number of hydrogen-bond acceptors (Lipinski definition) is 2. The summed E-state index contributed by atoms with van der Waals surface area (Å²) in [6, 6.07) is 1.72. The van der Waals surface area contributed by atoms with Crippen LogP contribution in [0.15, 0.2) is 16.7 Å². The summed E-state index contributed by atoms with van der Waals surface area (Å²) in [6.45, 7) is -0.174. The molecule has 0 aliphatic rings. The lowest BCUT2D eigenvalue weighted by Gasteiger charge is -2.00. The summed E-state index contributed by atoms with van der Waals surface area (Å²) in [5.41, 5.74) is 1.08. The van der Waals surface area contributed by atoms with Gasteiger partial charge in [0.05, 0.1) is 17.3 Å². The van der Waals surface area contributed by atoms with E-state index in [1.54, 1.807) is 16.7 Å². The van der Waals surface area contributed by atoms with Gasteiger partial charge >= 0.3 is 0 Å². The van der Waals surface area contributed by atoms with Crippen molar-refractivity contribution in [2.24, 2.45) is 0 Å². The van der Waals surface area contributed by atoms with Gasteiger partial charge in [0.25, 0.3) is 0 Å². The Morgan fingerprint density at radius 1 is 1.50 bits per heavy atom. The molecular weight excluding hydrogens is 291 g/mol. The molecular formula is C8H5BrCl2N2O. The van der Waals surface area contributed by atoms with Crippen molar-refractivity contribution in [2.45, 2.75) is 6.61 Å². The molecule has 0 spiro atoms. The Hall–Kier alpha value is -0.290. The molecule has 0 atom stereocenters. The average Bonchev–Trinajstić information content (AvgIpc) is 2.41. The van der Waals surface area contributed by atoms with Crippen molar-refractivity contribution in [2.75, 3.05) is 0 Å². The number of rotatable bonds is 1. The van der Waals surface area contributed by atoms with Crippen molar-refractivity contribution in [3.8, 4) is 0 Å². The first-order valence-corrected chi connectivity index (χ1v) is 5.30. The van der Waals surface area contributed by atoms with Gasteiger partial charge in [-0.1, -0.05) is 23.2 Å². The van der Waals surface area contributed by atoms with Gasteiger partial charge in [-0.2, -0.15) is 0 Å². The largest absolute Gasteiger partial charge is 0.390 e. The highest BCUT2D eigenvalue weighted by Gasteiger charge is 2.12. The second-order valence-electron chi connectivity index (χ2n) is 2.71. The zero-order valence-electron chi connectivity index (χ0n) is 6.84. The van der Waals surface area contributed by atoms with Crippen molar-refractivity contribution in [1.29, 1.82) is 0 Å². The Balaban J connectivity index is 2.87. The number of aliphatic hydroxyl groups is 1. The van der Waals surface area contributed by atoms with E-state index >= 15 is 0 Å². The monoisotopic (exact) mass is 294 g/mol. The zero-order valence-corrected chi connectivity index (χ0v) is 9.94. The molecule has 3 nitrogen and oxygen atoms in total. The van der Waals surface area contributed by atoms with E-state index in [9.17, 15) is 0 Å². The Morgan fingerprint density at radius 3 is 2.86 bits per heavy atom. The third-order valence-electron chi connectivity index (χ3n) is 1.84. The van der Waals surface area contributed by atoms with Gasteiger partial charge in [0.2, 0.25) is 0 Å². The molecule has 0 fully saturated rings. The van der Waals surface area contributed by atoms with Crippen LogP contribution in [0.2, 0.25) is 10.2 Å². The van der Waals surface area contributed by atoms with E-state index in [-0.39, 0.29) is 11.8 Å². The fourth-order valence-corrected chi connectivity index (χ4v) is 2.28. The molecule has 2 rings (SSSR count). The minimum Gasteiger partial charge on any atom is -0.390 e. The van der Waals surface area contributed by atoms with E-state index in [2.05, 4.69) is 20.9 Å². The third-order valence-corrected chi connectivity index (χ3v) is 2.86. The summed E-state index contributed by atoms with van der Waals surface area (Å²) < 4.78 is 2.47. The second-order valence-corrected chi connectivity index (χ2v) is 4.39. The van der Waals surface area contributed by atoms with Gasteiger partial charge in [-0.3, -0.25) is 4.40 Å². The van der Waals surface area contributed by atoms with Gasteiger partial charge < -0.3 is 5.11 Å². The fourth-order valence-electron chi connectivity index (χ4n) is 1.23. The number of aliphatic hydroxyl groups excluding tert-OH is 1. The minimum atomic E-state index is -0.174. The Morgan fingerprint density at radius 2 is 2.21 bits per heavy atom. The number of halogens is 3. The molecule has 74 valence electrons. The molecule has 2 heterocycles. The number of fused-ring (bicyclic) bond motifs is 1. The normalized spacial score (nSPS) is 11.1. The van der Waals surface area contributed by atoms with Gasteiger partial charge in [0.1, 0.15) is 0 Å². The van der Waals surface area contributed by atoms with Gasteiger partial charge in [0.15, 0.2) is 10.8 Å². The number of hydrogen-bond donors (Lipinski definition) is 1. The van der Waals surface area contributed by atoms with E-state index < -0.39 is 0 Å². The van der Waals surface area contributed by atoms with Crippen LogP contribution in [-0.4, -0.2) is 14.5 Å². The van der Waals surface area contributed by atoms with Crippen LogP contribution in [0.25, 0.3) is 5.65 Å². The van der Waals surface area contributed by atoms with Gasteiger partial charge in [-0.05, 0) is 22.0 Å². The molecule has 0 bridgehead atoms. The highest BCUT2D eigenvalue weighted by molar-refractivity contribution is 9.10. The molecule has 6 heteroatoms. The molecule has 0 saturated heterocycles. The van der Waals surface area contributed by atoms with Crippen molar-refractivity contribution in [3.63, 3.8) is 0 Å². The van der Waals surface area contributed by atoms with Crippen LogP contribution in [0.5, 0.6) is 0 Å². The molecule has 0 unspecified atom stereocenters. The maximum Gasteiger partial charge on any atom is 0.157 e. The van der Waals surface area contributed by atoms with E-state index in [1.165, 1.54) is 0 Å². The van der Waals surface area contributed by atoms with Gasteiger partial charge in [0, 0.05) is 10.7 Å². The van der Waals surface area contributed by atoms with E-state index in [0.29, 0.717) is 16.4 Å². The lowest BCUT2D eigenvalue weighted by molar-refractivity contribution is 0.276. The lowest BCUT2D eigenvalue weighted by atomic mass is 10.4. The molecule has 0 amide bonds. The summed E-state index contributed by atoms with van der Waals surface area (Å²) in [4.78, 5) is 4.04. The van der Waals surface area contributed by atoms with Crippen LogP contribution in [0.1, 0.15) is 5.69 Å². The van der Waals surface area contributed by atoms with E-state index in [0.717, 1.165) is 4.47 Å². The van der Waals surface area contributed by atoms with Crippen LogP contribution >= 0.6 is 39.1 Å². The number of pyridine rings is 1. The van der Waals surface area contributed by atoms with Crippen LogP contribution in [0.4, 0.5) is 0 Å². The highest BCUT2D eigenvalue weighted by atomic mass is 79.9. The molecule has 0 radical (unpaired) electrons. The van der Waals surface area contributed by atoms with Crippen LogP contribution in [-0.2, 0) is 6.61 Å². The van der Waals surface area contributed by atoms with Crippen LogP contribution < -0.4 is 0 Å². The Bertz CT molecular complexity index is 498. The molecule has 14 heavy (non-hydrogen) atoms. The number of nitrogens with zero attached hydrogens (tertiary/aromatic N) is 2. The zero-order chi connectivity index (χ0) is 10.3. The number of imidazole rings is 1. The Labute approximate surface area is 98.4 Å². The maximum atomic E-state index is 9.08. The second kappa shape index (κ2) is 3.70. The molecule has 2 aromatic rings. The van der Waals surface area contributed by atoms with Crippen LogP contribution in [0.3, 0.4) is 0 Å². The molecule has 0 saturated carbocycles. The highest BCUT2D eigenvalue weighted by Crippen LogP contribution is 2.26. The standard InChI is InChI=1S/C8H5BrCl2N2O/c9-4-1-5(10)8-12-7(11)6(3-14)13(8)2-4/h1-2,14H,3H2. The minimum absolute atomic E-state index is 0.174. The molecule has 2 aromatic heterocycles. The van der Waals surface area contributed by atoms with Gasteiger partial charge in [-0.15, -0.1) is 0 Å². The SMILES string of the molecule is OCc1c(Cl)nc2c(Cl)cc(Br)cn12. The lowest BCUT2D eigenvalue weighted by Crippen LogP contribution is -1.92. The molecule has 0 aliphatic heterocycles. The molecule has 0 aromatic carbocycles. The van der Waals surface area contributed by atoms with Crippen molar-refractivity contribution in [1.82, 2.24) is 9.38 Å². The molecule has 0 aliphatic carbocycles. The van der Waals surface area contributed by atoms with Gasteiger partial charge in [-0.25, -0.2) is 4.98 Å². The molecule has 1 N–H and O–H groups in total. The quantitative estimate of drug-likeness (QED) is 0.878. The summed E-state index contributed by atoms with van der Waals surface area (Å²) in [5.74, 6) is 0. The summed E-state index contributed by atoms with van der Waals surface area (Å²) in [7, 11) is 0. The van der Waals surface area contributed by atoms with E-state index in [1.807, 2.05) is 0 Å².